The fourth-order valence-corrected chi connectivity index (χ4v) is 5.27. The smallest absolute Gasteiger partial charge is 0.225 e. The van der Waals surface area contributed by atoms with Crippen LogP contribution in [0.15, 0.2) is 24.3 Å². The number of ether oxygens (including phenoxy) is 1. The minimum atomic E-state index is -0.207. The van der Waals surface area contributed by atoms with E-state index in [1.165, 1.54) is 6.07 Å². The Morgan fingerprint density at radius 3 is 2.61 bits per heavy atom. The van der Waals surface area contributed by atoms with E-state index in [1.54, 1.807) is 6.07 Å². The molecule has 1 N–H and O–H groups in total. The molecule has 2 heterocycles. The molecular formula is C24H34FN3O3. The summed E-state index contributed by atoms with van der Waals surface area (Å²) in [5.41, 5.74) is 0.659. The molecule has 4 atom stereocenters. The summed E-state index contributed by atoms with van der Waals surface area (Å²) in [6.07, 6.45) is 2.71. The molecule has 1 saturated carbocycles. The molecule has 2 saturated heterocycles. The van der Waals surface area contributed by atoms with Crippen molar-refractivity contribution >= 4 is 11.8 Å². The van der Waals surface area contributed by atoms with Crippen molar-refractivity contribution in [2.45, 2.75) is 64.3 Å². The minimum absolute atomic E-state index is 0.0831. The lowest BCUT2D eigenvalue weighted by atomic mass is 9.84. The number of rotatable bonds is 9. The Labute approximate surface area is 184 Å². The second-order valence-corrected chi connectivity index (χ2v) is 9.11. The summed E-state index contributed by atoms with van der Waals surface area (Å²) in [4.78, 5) is 29.4. The zero-order valence-corrected chi connectivity index (χ0v) is 18.6. The van der Waals surface area contributed by atoms with Gasteiger partial charge in [-0.1, -0.05) is 18.2 Å². The third-order valence-corrected chi connectivity index (χ3v) is 7.05. The number of likely N-dealkylation sites (tertiary alicyclic amines) is 1. The highest BCUT2D eigenvalue weighted by atomic mass is 19.1. The van der Waals surface area contributed by atoms with E-state index in [9.17, 15) is 14.0 Å². The van der Waals surface area contributed by atoms with Gasteiger partial charge in [-0.25, -0.2) is 4.39 Å². The van der Waals surface area contributed by atoms with Crippen LogP contribution in [0.25, 0.3) is 0 Å². The molecule has 0 spiro atoms. The van der Waals surface area contributed by atoms with E-state index in [0.29, 0.717) is 50.7 Å². The average Bonchev–Trinajstić information content (AvgIpc) is 3.36. The Hall–Kier alpha value is -1.99. The van der Waals surface area contributed by atoms with Gasteiger partial charge < -0.3 is 15.0 Å². The molecular weight excluding hydrogens is 397 g/mol. The number of hydrogen-bond acceptors (Lipinski definition) is 4. The van der Waals surface area contributed by atoms with Crippen LogP contribution in [0.2, 0.25) is 0 Å². The predicted octanol–water partition coefficient (Wildman–Crippen LogP) is 2.57. The topological polar surface area (TPSA) is 61.9 Å². The third-order valence-electron chi connectivity index (χ3n) is 7.05. The van der Waals surface area contributed by atoms with E-state index in [2.05, 4.69) is 10.2 Å². The van der Waals surface area contributed by atoms with Crippen LogP contribution >= 0.6 is 0 Å². The van der Waals surface area contributed by atoms with Crippen molar-refractivity contribution in [1.29, 1.82) is 0 Å². The summed E-state index contributed by atoms with van der Waals surface area (Å²) in [6.45, 7) is 7.07. The standard InChI is InChI=1S/C24H34FN3O3/c1-3-27(4-2)23(30)12-21-24-17(11-22(29)26-18-9-10-18)14-28(20(24)15-31-21)13-16-7-5-6-8-19(16)25/h5-8,17-18,20-21,24H,3-4,9-15H2,1-2H3,(H,26,29)/t17-,20-,21+,24-/m1/s1. The molecule has 6 nitrogen and oxygen atoms in total. The van der Waals surface area contributed by atoms with Gasteiger partial charge in [0.2, 0.25) is 11.8 Å². The quantitative estimate of drug-likeness (QED) is 0.653. The molecule has 1 aromatic carbocycles. The number of carbonyl (C=O) groups excluding carboxylic acids is 2. The summed E-state index contributed by atoms with van der Waals surface area (Å²) >= 11 is 0. The van der Waals surface area contributed by atoms with Crippen LogP contribution in [0.4, 0.5) is 4.39 Å². The number of carbonyl (C=O) groups is 2. The van der Waals surface area contributed by atoms with Crippen LogP contribution in [-0.4, -0.2) is 66.0 Å². The fourth-order valence-electron chi connectivity index (χ4n) is 5.27. The zero-order valence-electron chi connectivity index (χ0n) is 18.6. The molecule has 1 aromatic rings. The second-order valence-electron chi connectivity index (χ2n) is 9.11. The van der Waals surface area contributed by atoms with E-state index in [1.807, 2.05) is 30.9 Å². The number of halogens is 1. The second kappa shape index (κ2) is 9.65. The Kier molecular flexibility index (Phi) is 6.92. The average molecular weight is 432 g/mol. The fraction of sp³-hybridized carbons (Fsp3) is 0.667. The van der Waals surface area contributed by atoms with Crippen molar-refractivity contribution in [2.75, 3.05) is 26.2 Å². The monoisotopic (exact) mass is 431 g/mol. The van der Waals surface area contributed by atoms with Gasteiger partial charge in [-0.2, -0.15) is 0 Å². The number of hydrogen-bond donors (Lipinski definition) is 1. The molecule has 1 aliphatic carbocycles. The SMILES string of the molecule is CCN(CC)C(=O)C[C@@H]1OC[C@@H]2[C@H]1[C@H](CC(=O)NC1CC1)CN2Cc1ccccc1F. The van der Waals surface area contributed by atoms with Crippen molar-refractivity contribution in [3.8, 4) is 0 Å². The van der Waals surface area contributed by atoms with Gasteiger partial charge in [0.1, 0.15) is 5.82 Å². The summed E-state index contributed by atoms with van der Waals surface area (Å²) in [5.74, 6) is 0.189. The molecule has 0 bridgehead atoms. The van der Waals surface area contributed by atoms with Gasteiger partial charge in [0, 0.05) is 56.2 Å². The molecule has 2 amide bonds. The first-order valence-electron chi connectivity index (χ1n) is 11.7. The lowest BCUT2D eigenvalue weighted by molar-refractivity contribution is -0.133. The van der Waals surface area contributed by atoms with Gasteiger partial charge in [0.15, 0.2) is 0 Å². The van der Waals surface area contributed by atoms with Crippen molar-refractivity contribution in [3.05, 3.63) is 35.6 Å². The molecule has 3 aliphatic rings. The van der Waals surface area contributed by atoms with Gasteiger partial charge in [0.25, 0.3) is 0 Å². The lowest BCUT2D eigenvalue weighted by Crippen LogP contribution is -2.37. The minimum Gasteiger partial charge on any atom is -0.376 e. The van der Waals surface area contributed by atoms with Gasteiger partial charge in [-0.15, -0.1) is 0 Å². The predicted molar refractivity (Wildman–Crippen MR) is 116 cm³/mol. The van der Waals surface area contributed by atoms with E-state index in [-0.39, 0.29) is 41.6 Å². The molecule has 170 valence electrons. The summed E-state index contributed by atoms with van der Waals surface area (Å²) in [5, 5.41) is 3.09. The summed E-state index contributed by atoms with van der Waals surface area (Å²) in [7, 11) is 0. The maximum Gasteiger partial charge on any atom is 0.225 e. The number of amides is 2. The highest BCUT2D eigenvalue weighted by molar-refractivity contribution is 5.77. The first-order valence-corrected chi connectivity index (χ1v) is 11.7. The van der Waals surface area contributed by atoms with Crippen LogP contribution < -0.4 is 5.32 Å². The molecule has 0 unspecified atom stereocenters. The number of fused-ring (bicyclic) bond motifs is 1. The third kappa shape index (κ3) is 5.09. The Morgan fingerprint density at radius 1 is 1.19 bits per heavy atom. The van der Waals surface area contributed by atoms with Crippen LogP contribution in [0.3, 0.4) is 0 Å². The number of nitrogens with zero attached hydrogens (tertiary/aromatic N) is 2. The van der Waals surface area contributed by atoms with Crippen molar-refractivity contribution < 1.29 is 18.7 Å². The Morgan fingerprint density at radius 2 is 1.94 bits per heavy atom. The molecule has 7 heteroatoms. The van der Waals surface area contributed by atoms with E-state index < -0.39 is 0 Å². The van der Waals surface area contributed by atoms with Crippen LogP contribution in [-0.2, 0) is 20.9 Å². The summed E-state index contributed by atoms with van der Waals surface area (Å²) < 4.78 is 20.4. The highest BCUT2D eigenvalue weighted by Gasteiger charge is 2.51. The van der Waals surface area contributed by atoms with Crippen molar-refractivity contribution in [3.63, 3.8) is 0 Å². The van der Waals surface area contributed by atoms with Crippen LogP contribution in [0, 0.1) is 17.7 Å². The first-order chi connectivity index (χ1) is 15.0. The largest absolute Gasteiger partial charge is 0.376 e. The summed E-state index contributed by atoms with van der Waals surface area (Å²) in [6, 6.07) is 7.29. The highest BCUT2D eigenvalue weighted by Crippen LogP contribution is 2.42. The van der Waals surface area contributed by atoms with Crippen LogP contribution in [0.1, 0.15) is 45.1 Å². The van der Waals surface area contributed by atoms with E-state index >= 15 is 0 Å². The van der Waals surface area contributed by atoms with E-state index in [0.717, 1.165) is 19.4 Å². The van der Waals surface area contributed by atoms with Gasteiger partial charge in [-0.05, 0) is 38.7 Å². The van der Waals surface area contributed by atoms with E-state index in [4.69, 9.17) is 4.74 Å². The maximum absolute atomic E-state index is 14.3. The van der Waals surface area contributed by atoms with Gasteiger partial charge in [-0.3, -0.25) is 14.5 Å². The van der Waals surface area contributed by atoms with Crippen LogP contribution in [0.5, 0.6) is 0 Å². The molecule has 0 aromatic heterocycles. The van der Waals surface area contributed by atoms with Gasteiger partial charge >= 0.3 is 0 Å². The zero-order chi connectivity index (χ0) is 22.0. The Balaban J connectivity index is 1.48. The lowest BCUT2D eigenvalue weighted by Gasteiger charge is -2.26. The Bertz CT molecular complexity index is 796. The normalized spacial score (nSPS) is 27.8. The molecule has 0 radical (unpaired) electrons. The molecule has 31 heavy (non-hydrogen) atoms. The van der Waals surface area contributed by atoms with Crippen molar-refractivity contribution in [2.24, 2.45) is 11.8 Å². The maximum atomic E-state index is 14.3. The number of nitrogens with one attached hydrogen (secondary N) is 1. The molecule has 3 fully saturated rings. The first kappa shape index (κ1) is 22.2. The molecule has 2 aliphatic heterocycles. The van der Waals surface area contributed by atoms with Gasteiger partial charge in [0.05, 0.1) is 19.1 Å². The van der Waals surface area contributed by atoms with Crippen molar-refractivity contribution in [1.82, 2.24) is 15.1 Å². The number of benzene rings is 1. The molecule has 4 rings (SSSR count).